The molecule has 0 spiro atoms. The molecule has 1 atom stereocenters. The molecular weight excluding hydrogens is 358 g/mol. The van der Waals surface area contributed by atoms with Gasteiger partial charge < -0.3 is 5.11 Å². The fraction of sp³-hybridized carbons (Fsp3) is 0.211. The molecule has 0 fully saturated rings. The molecular formula is C19H18ClNOS2. The zero-order valence-electron chi connectivity index (χ0n) is 13.1. The largest absolute Gasteiger partial charge is 0.388 e. The summed E-state index contributed by atoms with van der Waals surface area (Å²) in [6.45, 7) is 0. The third kappa shape index (κ3) is 5.08. The zero-order chi connectivity index (χ0) is 16.8. The lowest BCUT2D eigenvalue weighted by atomic mass is 10.1. The van der Waals surface area contributed by atoms with Crippen molar-refractivity contribution in [3.8, 4) is 0 Å². The molecule has 24 heavy (non-hydrogen) atoms. The normalized spacial score (nSPS) is 12.2. The van der Waals surface area contributed by atoms with Crippen molar-refractivity contribution < 1.29 is 5.11 Å². The van der Waals surface area contributed by atoms with Gasteiger partial charge in [-0.2, -0.15) is 11.8 Å². The van der Waals surface area contributed by atoms with Gasteiger partial charge >= 0.3 is 0 Å². The lowest BCUT2D eigenvalue weighted by molar-refractivity contribution is 0.204. The van der Waals surface area contributed by atoms with Crippen molar-refractivity contribution in [2.24, 2.45) is 0 Å². The van der Waals surface area contributed by atoms with Gasteiger partial charge in [-0.15, -0.1) is 11.3 Å². The van der Waals surface area contributed by atoms with Gasteiger partial charge in [0.15, 0.2) is 0 Å². The van der Waals surface area contributed by atoms with Gasteiger partial charge in [-0.1, -0.05) is 54.1 Å². The lowest BCUT2D eigenvalue weighted by Gasteiger charge is -2.09. The van der Waals surface area contributed by atoms with Crippen LogP contribution in [0.15, 0.2) is 60.0 Å². The lowest BCUT2D eigenvalue weighted by Crippen LogP contribution is -2.00. The van der Waals surface area contributed by atoms with Gasteiger partial charge in [0.25, 0.3) is 0 Å². The Morgan fingerprint density at radius 2 is 1.83 bits per heavy atom. The topological polar surface area (TPSA) is 33.1 Å². The van der Waals surface area contributed by atoms with Crippen LogP contribution in [0.5, 0.6) is 0 Å². The molecule has 0 aliphatic heterocycles. The predicted octanol–water partition coefficient (Wildman–Crippen LogP) is 5.35. The maximum atomic E-state index is 10.2. The highest BCUT2D eigenvalue weighted by atomic mass is 35.5. The Kier molecular flexibility index (Phi) is 6.32. The predicted molar refractivity (Wildman–Crippen MR) is 104 cm³/mol. The van der Waals surface area contributed by atoms with E-state index < -0.39 is 6.10 Å². The van der Waals surface area contributed by atoms with E-state index in [1.807, 2.05) is 54.6 Å². The number of aromatic nitrogens is 1. The molecule has 0 bridgehead atoms. The number of aliphatic hydroxyl groups is 1. The molecule has 2 nitrogen and oxygen atoms in total. The van der Waals surface area contributed by atoms with Gasteiger partial charge in [0.05, 0.1) is 16.8 Å². The molecule has 1 N–H and O–H groups in total. The molecule has 0 aliphatic rings. The second kappa shape index (κ2) is 8.67. The molecule has 124 valence electrons. The fourth-order valence-electron chi connectivity index (χ4n) is 2.32. The van der Waals surface area contributed by atoms with Gasteiger partial charge in [-0.05, 0) is 23.3 Å². The van der Waals surface area contributed by atoms with Gasteiger partial charge in [-0.3, -0.25) is 0 Å². The third-order valence-corrected chi connectivity index (χ3v) is 5.78. The summed E-state index contributed by atoms with van der Waals surface area (Å²) < 4.78 is 0. The van der Waals surface area contributed by atoms with E-state index in [9.17, 15) is 5.11 Å². The summed E-state index contributed by atoms with van der Waals surface area (Å²) in [4.78, 5) is 4.68. The monoisotopic (exact) mass is 375 g/mol. The van der Waals surface area contributed by atoms with E-state index in [-0.39, 0.29) is 0 Å². The Labute approximate surface area is 155 Å². The minimum absolute atomic E-state index is 0.427. The van der Waals surface area contributed by atoms with Crippen molar-refractivity contribution in [1.29, 1.82) is 0 Å². The summed E-state index contributed by atoms with van der Waals surface area (Å²) in [7, 11) is 0. The zero-order valence-corrected chi connectivity index (χ0v) is 15.4. The van der Waals surface area contributed by atoms with Crippen molar-refractivity contribution in [3.63, 3.8) is 0 Å². The number of rotatable bonds is 7. The molecule has 1 unspecified atom stereocenters. The van der Waals surface area contributed by atoms with Crippen molar-refractivity contribution in [1.82, 2.24) is 4.98 Å². The van der Waals surface area contributed by atoms with Gasteiger partial charge in [0.1, 0.15) is 0 Å². The average Bonchev–Trinajstić information content (AvgIpc) is 3.05. The van der Waals surface area contributed by atoms with E-state index >= 15 is 0 Å². The van der Waals surface area contributed by atoms with E-state index in [0.29, 0.717) is 5.75 Å². The molecule has 3 rings (SSSR count). The first kappa shape index (κ1) is 17.5. The second-order valence-corrected chi connectivity index (χ2v) is 7.89. The second-order valence-electron chi connectivity index (χ2n) is 5.48. The van der Waals surface area contributed by atoms with Crippen LogP contribution in [0.2, 0.25) is 5.02 Å². The van der Waals surface area contributed by atoms with Crippen LogP contribution in [0.25, 0.3) is 0 Å². The van der Waals surface area contributed by atoms with Crippen LogP contribution in [-0.4, -0.2) is 15.8 Å². The summed E-state index contributed by atoms with van der Waals surface area (Å²) in [6, 6.07) is 17.7. The average molecular weight is 376 g/mol. The smallest absolute Gasteiger partial charge is 0.0972 e. The molecule has 0 aliphatic carbocycles. The summed E-state index contributed by atoms with van der Waals surface area (Å²) in [5.41, 5.74) is 3.26. The number of thiazole rings is 1. The highest BCUT2D eigenvalue weighted by molar-refractivity contribution is 7.98. The summed E-state index contributed by atoms with van der Waals surface area (Å²) >= 11 is 9.30. The molecule has 0 saturated carbocycles. The van der Waals surface area contributed by atoms with Gasteiger partial charge in [0.2, 0.25) is 0 Å². The number of nitrogens with zero attached hydrogens (tertiary/aromatic N) is 1. The third-order valence-electron chi connectivity index (χ3n) is 3.58. The van der Waals surface area contributed by atoms with Crippen LogP contribution in [0.1, 0.15) is 27.9 Å². The number of benzene rings is 2. The Morgan fingerprint density at radius 1 is 1.08 bits per heavy atom. The maximum Gasteiger partial charge on any atom is 0.0972 e. The standard InChI is InChI=1S/C19H18ClNOS2/c20-16-8-6-14(7-9-16)10-19-21-17(12-24-19)11-23-13-18(22)15-4-2-1-3-5-15/h1-9,12,18,22H,10-11,13H2. The molecule has 3 aromatic rings. The molecule has 1 aromatic heterocycles. The first-order chi connectivity index (χ1) is 11.7. The quantitative estimate of drug-likeness (QED) is 0.603. The van der Waals surface area contributed by atoms with Crippen molar-refractivity contribution in [2.45, 2.75) is 18.3 Å². The maximum absolute atomic E-state index is 10.2. The van der Waals surface area contributed by atoms with Crippen LogP contribution < -0.4 is 0 Å². The van der Waals surface area contributed by atoms with Crippen molar-refractivity contribution >= 4 is 34.7 Å². The van der Waals surface area contributed by atoms with Crippen LogP contribution >= 0.6 is 34.7 Å². The number of aliphatic hydroxyl groups excluding tert-OH is 1. The van der Waals surface area contributed by atoms with Crippen LogP contribution in [0, 0.1) is 0 Å². The van der Waals surface area contributed by atoms with E-state index in [4.69, 9.17) is 11.6 Å². The Morgan fingerprint density at radius 3 is 2.58 bits per heavy atom. The molecule has 5 heteroatoms. The number of hydrogen-bond acceptors (Lipinski definition) is 4. The van der Waals surface area contributed by atoms with Crippen LogP contribution in [0.4, 0.5) is 0 Å². The van der Waals surface area contributed by atoms with E-state index in [1.165, 1.54) is 5.56 Å². The number of hydrogen-bond donors (Lipinski definition) is 1. The summed E-state index contributed by atoms with van der Waals surface area (Å²) in [6.07, 6.45) is 0.405. The van der Waals surface area contributed by atoms with Crippen LogP contribution in [-0.2, 0) is 12.2 Å². The molecule has 0 saturated heterocycles. The van der Waals surface area contributed by atoms with Crippen molar-refractivity contribution in [3.05, 3.63) is 86.8 Å². The Hall–Kier alpha value is -1.33. The fourth-order valence-corrected chi connectivity index (χ4v) is 4.27. The number of thioether (sulfide) groups is 1. The molecule has 2 aromatic carbocycles. The molecule has 0 amide bonds. The summed E-state index contributed by atoms with van der Waals surface area (Å²) in [5.74, 6) is 1.50. The highest BCUT2D eigenvalue weighted by Gasteiger charge is 2.08. The minimum Gasteiger partial charge on any atom is -0.388 e. The highest BCUT2D eigenvalue weighted by Crippen LogP contribution is 2.23. The first-order valence-corrected chi connectivity index (χ1v) is 10.1. The summed E-state index contributed by atoms with van der Waals surface area (Å²) in [5, 5.41) is 14.1. The Balaban J connectivity index is 1.48. The van der Waals surface area contributed by atoms with E-state index in [2.05, 4.69) is 10.4 Å². The van der Waals surface area contributed by atoms with Crippen LogP contribution in [0.3, 0.4) is 0 Å². The minimum atomic E-state index is -0.427. The molecule has 0 radical (unpaired) electrons. The van der Waals surface area contributed by atoms with E-state index in [0.717, 1.165) is 33.5 Å². The van der Waals surface area contributed by atoms with E-state index in [1.54, 1.807) is 23.1 Å². The van der Waals surface area contributed by atoms with Crippen molar-refractivity contribution in [2.75, 3.05) is 5.75 Å². The Bertz CT molecular complexity index is 759. The first-order valence-electron chi connectivity index (χ1n) is 7.69. The van der Waals surface area contributed by atoms with Gasteiger partial charge in [-0.25, -0.2) is 4.98 Å². The molecule has 1 heterocycles. The number of halogens is 1. The van der Waals surface area contributed by atoms with Gasteiger partial charge in [0, 0.05) is 28.3 Å². The SMILES string of the molecule is OC(CSCc1csc(Cc2ccc(Cl)cc2)n1)c1ccccc1.